The smallest absolute Gasteiger partial charge is 0.261 e. The average Bonchev–Trinajstić information content (AvgIpc) is 2.39. The number of H-pyrrole nitrogens is 1. The molecular weight excluding hydrogens is 244 g/mol. The SMILES string of the molecule is CC(=O)c1ccccc1NC(=O)c1c[nH]ccc1=O. The van der Waals surface area contributed by atoms with E-state index in [4.69, 9.17) is 0 Å². The number of hydrogen-bond donors (Lipinski definition) is 2. The lowest BCUT2D eigenvalue weighted by atomic mass is 10.1. The van der Waals surface area contributed by atoms with Crippen molar-refractivity contribution in [3.8, 4) is 0 Å². The second kappa shape index (κ2) is 5.30. The Labute approximate surface area is 109 Å². The largest absolute Gasteiger partial charge is 0.367 e. The number of amides is 1. The molecule has 2 N–H and O–H groups in total. The number of benzene rings is 1. The molecule has 0 aliphatic heterocycles. The Balaban J connectivity index is 2.33. The number of hydrogen-bond acceptors (Lipinski definition) is 3. The Morgan fingerprint density at radius 3 is 2.53 bits per heavy atom. The zero-order chi connectivity index (χ0) is 13.8. The van der Waals surface area contributed by atoms with E-state index in [1.54, 1.807) is 24.3 Å². The van der Waals surface area contributed by atoms with Crippen molar-refractivity contribution in [3.05, 3.63) is 64.1 Å². The van der Waals surface area contributed by atoms with Crippen molar-refractivity contribution in [1.82, 2.24) is 4.98 Å². The van der Waals surface area contributed by atoms with E-state index < -0.39 is 5.91 Å². The highest BCUT2D eigenvalue weighted by molar-refractivity contribution is 6.08. The first-order chi connectivity index (χ1) is 9.09. The third-order valence-electron chi connectivity index (χ3n) is 2.62. The summed E-state index contributed by atoms with van der Waals surface area (Å²) in [6, 6.07) is 7.92. The minimum absolute atomic E-state index is 0.000792. The van der Waals surface area contributed by atoms with Gasteiger partial charge in [0.05, 0.1) is 5.69 Å². The Morgan fingerprint density at radius 1 is 1.11 bits per heavy atom. The molecule has 0 aliphatic carbocycles. The number of carbonyl (C=O) groups excluding carboxylic acids is 2. The molecule has 0 fully saturated rings. The molecule has 0 bridgehead atoms. The third-order valence-corrected chi connectivity index (χ3v) is 2.62. The summed E-state index contributed by atoms with van der Waals surface area (Å²) < 4.78 is 0. The molecular formula is C14H12N2O3. The van der Waals surface area contributed by atoms with E-state index in [1.165, 1.54) is 25.4 Å². The van der Waals surface area contributed by atoms with Crippen LogP contribution in [0, 0.1) is 0 Å². The maximum Gasteiger partial charge on any atom is 0.261 e. The van der Waals surface area contributed by atoms with E-state index in [9.17, 15) is 14.4 Å². The number of carbonyl (C=O) groups is 2. The monoisotopic (exact) mass is 256 g/mol. The maximum absolute atomic E-state index is 12.0. The summed E-state index contributed by atoms with van der Waals surface area (Å²) in [6.45, 7) is 1.42. The van der Waals surface area contributed by atoms with Crippen molar-refractivity contribution < 1.29 is 9.59 Å². The third kappa shape index (κ3) is 2.77. The van der Waals surface area contributed by atoms with Crippen molar-refractivity contribution in [2.45, 2.75) is 6.92 Å². The molecule has 96 valence electrons. The number of nitrogens with one attached hydrogen (secondary N) is 2. The molecule has 19 heavy (non-hydrogen) atoms. The number of rotatable bonds is 3. The van der Waals surface area contributed by atoms with Crippen LogP contribution in [-0.2, 0) is 0 Å². The van der Waals surface area contributed by atoms with E-state index in [1.807, 2.05) is 0 Å². The molecule has 2 aromatic rings. The molecule has 5 nitrogen and oxygen atoms in total. The Morgan fingerprint density at radius 2 is 1.84 bits per heavy atom. The highest BCUT2D eigenvalue weighted by Gasteiger charge is 2.13. The molecule has 0 spiro atoms. The van der Waals surface area contributed by atoms with Crippen molar-refractivity contribution in [1.29, 1.82) is 0 Å². The molecule has 0 atom stereocenters. The van der Waals surface area contributed by atoms with E-state index in [2.05, 4.69) is 10.3 Å². The number of Topliss-reactive ketones (excluding diaryl/α,β-unsaturated/α-hetero) is 1. The molecule has 0 unspecified atom stereocenters. The van der Waals surface area contributed by atoms with Gasteiger partial charge in [-0.3, -0.25) is 14.4 Å². The van der Waals surface area contributed by atoms with Crippen LogP contribution in [0.1, 0.15) is 27.6 Å². The van der Waals surface area contributed by atoms with Gasteiger partial charge in [0.15, 0.2) is 11.2 Å². The number of aromatic nitrogens is 1. The first kappa shape index (κ1) is 12.8. The molecule has 0 aliphatic rings. The minimum atomic E-state index is -0.546. The van der Waals surface area contributed by atoms with Crippen LogP contribution in [0.4, 0.5) is 5.69 Å². The summed E-state index contributed by atoms with van der Waals surface area (Å²) in [4.78, 5) is 37.6. The van der Waals surface area contributed by atoms with Crippen molar-refractivity contribution in [2.24, 2.45) is 0 Å². The van der Waals surface area contributed by atoms with E-state index in [-0.39, 0.29) is 16.8 Å². The molecule has 0 saturated heterocycles. The Bertz CT molecular complexity index is 689. The summed E-state index contributed by atoms with van der Waals surface area (Å²) in [5.74, 6) is -0.701. The fraction of sp³-hybridized carbons (Fsp3) is 0.0714. The van der Waals surface area contributed by atoms with E-state index in [0.29, 0.717) is 11.3 Å². The summed E-state index contributed by atoms with van der Waals surface area (Å²) in [5, 5.41) is 2.57. The topological polar surface area (TPSA) is 79.0 Å². The van der Waals surface area contributed by atoms with Crippen LogP contribution in [0.25, 0.3) is 0 Å². The molecule has 1 aromatic carbocycles. The molecule has 1 aromatic heterocycles. The Hall–Kier alpha value is -2.69. The number of pyridine rings is 1. The minimum Gasteiger partial charge on any atom is -0.367 e. The van der Waals surface area contributed by atoms with Gasteiger partial charge in [-0.15, -0.1) is 0 Å². The number of anilines is 1. The molecule has 0 saturated carbocycles. The second-order valence-corrected chi connectivity index (χ2v) is 3.98. The predicted molar refractivity (Wildman–Crippen MR) is 71.5 cm³/mol. The van der Waals surface area contributed by atoms with Crippen LogP contribution < -0.4 is 10.7 Å². The first-order valence-corrected chi connectivity index (χ1v) is 5.68. The van der Waals surface area contributed by atoms with Gasteiger partial charge in [-0.2, -0.15) is 0 Å². The lowest BCUT2D eigenvalue weighted by Crippen LogP contribution is -2.21. The molecule has 0 radical (unpaired) electrons. The number of aromatic amines is 1. The highest BCUT2D eigenvalue weighted by atomic mass is 16.2. The van der Waals surface area contributed by atoms with Crippen LogP contribution >= 0.6 is 0 Å². The van der Waals surface area contributed by atoms with Crippen LogP contribution in [0.15, 0.2) is 47.5 Å². The normalized spacial score (nSPS) is 9.95. The van der Waals surface area contributed by atoms with Gasteiger partial charge in [-0.1, -0.05) is 12.1 Å². The molecule has 1 amide bonds. The molecule has 1 heterocycles. The predicted octanol–water partition coefficient (Wildman–Crippen LogP) is 1.83. The highest BCUT2D eigenvalue weighted by Crippen LogP contribution is 2.16. The van der Waals surface area contributed by atoms with Gasteiger partial charge < -0.3 is 10.3 Å². The summed E-state index contributed by atoms with van der Waals surface area (Å²) in [7, 11) is 0. The van der Waals surface area contributed by atoms with Gasteiger partial charge in [-0.25, -0.2) is 0 Å². The molecule has 2 rings (SSSR count). The fourth-order valence-corrected chi connectivity index (χ4v) is 1.68. The van der Waals surface area contributed by atoms with Crippen LogP contribution in [0.2, 0.25) is 0 Å². The van der Waals surface area contributed by atoms with Crippen LogP contribution in [-0.4, -0.2) is 16.7 Å². The average molecular weight is 256 g/mol. The van der Waals surface area contributed by atoms with Gasteiger partial charge in [0.25, 0.3) is 5.91 Å². The maximum atomic E-state index is 12.0. The zero-order valence-electron chi connectivity index (χ0n) is 10.3. The van der Waals surface area contributed by atoms with Crippen molar-refractivity contribution in [2.75, 3.05) is 5.32 Å². The molecule has 5 heteroatoms. The lowest BCUT2D eigenvalue weighted by Gasteiger charge is -2.08. The zero-order valence-corrected chi connectivity index (χ0v) is 10.3. The lowest BCUT2D eigenvalue weighted by molar-refractivity contribution is 0.101. The summed E-state index contributed by atoms with van der Waals surface area (Å²) in [6.07, 6.45) is 2.77. The Kier molecular flexibility index (Phi) is 3.56. The van der Waals surface area contributed by atoms with Gasteiger partial charge >= 0.3 is 0 Å². The van der Waals surface area contributed by atoms with Gasteiger partial charge in [0.1, 0.15) is 5.56 Å². The number of ketones is 1. The van der Waals surface area contributed by atoms with E-state index in [0.717, 1.165) is 0 Å². The van der Waals surface area contributed by atoms with Gasteiger partial charge in [0.2, 0.25) is 0 Å². The first-order valence-electron chi connectivity index (χ1n) is 5.68. The van der Waals surface area contributed by atoms with Gasteiger partial charge in [0, 0.05) is 24.0 Å². The second-order valence-electron chi connectivity index (χ2n) is 3.98. The van der Waals surface area contributed by atoms with E-state index >= 15 is 0 Å². The fourth-order valence-electron chi connectivity index (χ4n) is 1.68. The van der Waals surface area contributed by atoms with Crippen molar-refractivity contribution >= 4 is 17.4 Å². The van der Waals surface area contributed by atoms with Crippen LogP contribution in [0.5, 0.6) is 0 Å². The quantitative estimate of drug-likeness (QED) is 0.822. The van der Waals surface area contributed by atoms with Crippen LogP contribution in [0.3, 0.4) is 0 Å². The summed E-state index contributed by atoms with van der Waals surface area (Å²) >= 11 is 0. The van der Waals surface area contributed by atoms with Gasteiger partial charge in [-0.05, 0) is 19.1 Å². The number of para-hydroxylation sites is 1. The standard InChI is InChI=1S/C14H12N2O3/c1-9(17)10-4-2-3-5-12(10)16-14(19)11-8-15-7-6-13(11)18/h2-8H,1H3,(H,15,18)(H,16,19). The summed E-state index contributed by atoms with van der Waals surface area (Å²) in [5.41, 5.74) is 0.420. The van der Waals surface area contributed by atoms with Crippen molar-refractivity contribution in [3.63, 3.8) is 0 Å².